The molecule has 3 nitrogen and oxygen atoms in total. The van der Waals surface area contributed by atoms with Crippen molar-refractivity contribution in [2.24, 2.45) is 0 Å². The number of nitrogens with one attached hydrogen (secondary N) is 1. The highest BCUT2D eigenvalue weighted by Gasteiger charge is 2.17. The van der Waals surface area contributed by atoms with E-state index < -0.39 is 0 Å². The maximum atomic E-state index is 4.85. The third-order valence-electron chi connectivity index (χ3n) is 3.69. The van der Waals surface area contributed by atoms with E-state index in [0.29, 0.717) is 0 Å². The Morgan fingerprint density at radius 2 is 1.75 bits per heavy atom. The Balaban J connectivity index is 2.89. The third kappa shape index (κ3) is 4.93. The SMILES string of the molecule is CCCCCn1nc(CC)c(CNC(C)(C)C)c1CC. The van der Waals surface area contributed by atoms with Gasteiger partial charge >= 0.3 is 0 Å². The molecule has 0 aliphatic rings. The van der Waals surface area contributed by atoms with Crippen molar-refractivity contribution in [3.8, 4) is 0 Å². The first-order chi connectivity index (χ1) is 9.42. The van der Waals surface area contributed by atoms with E-state index in [1.54, 1.807) is 0 Å². The van der Waals surface area contributed by atoms with Gasteiger partial charge in [-0.3, -0.25) is 4.68 Å². The molecule has 1 aromatic rings. The summed E-state index contributed by atoms with van der Waals surface area (Å²) in [6.45, 7) is 15.4. The molecule has 1 N–H and O–H groups in total. The minimum absolute atomic E-state index is 0.153. The van der Waals surface area contributed by atoms with Gasteiger partial charge in [0.15, 0.2) is 0 Å². The Hall–Kier alpha value is -0.830. The smallest absolute Gasteiger partial charge is 0.0669 e. The molecule has 0 aromatic carbocycles. The molecular weight excluding hydrogens is 246 g/mol. The fourth-order valence-electron chi connectivity index (χ4n) is 2.52. The fraction of sp³-hybridized carbons (Fsp3) is 0.824. The quantitative estimate of drug-likeness (QED) is 0.726. The zero-order valence-corrected chi connectivity index (χ0v) is 14.3. The molecule has 20 heavy (non-hydrogen) atoms. The number of aryl methyl sites for hydroxylation is 2. The number of nitrogens with zero attached hydrogens (tertiary/aromatic N) is 2. The lowest BCUT2D eigenvalue weighted by Gasteiger charge is -2.21. The molecule has 0 spiro atoms. The zero-order valence-electron chi connectivity index (χ0n) is 14.3. The highest BCUT2D eigenvalue weighted by Crippen LogP contribution is 2.18. The van der Waals surface area contributed by atoms with E-state index in [2.05, 4.69) is 51.5 Å². The topological polar surface area (TPSA) is 29.9 Å². The lowest BCUT2D eigenvalue weighted by atomic mass is 10.1. The van der Waals surface area contributed by atoms with Crippen LogP contribution in [0.2, 0.25) is 0 Å². The Bertz CT molecular complexity index is 399. The zero-order chi connectivity index (χ0) is 15.2. The van der Waals surface area contributed by atoms with Crippen LogP contribution in [0.4, 0.5) is 0 Å². The monoisotopic (exact) mass is 279 g/mol. The van der Waals surface area contributed by atoms with Crippen LogP contribution in [0.25, 0.3) is 0 Å². The highest BCUT2D eigenvalue weighted by molar-refractivity contribution is 5.27. The highest BCUT2D eigenvalue weighted by atomic mass is 15.3. The molecule has 0 amide bonds. The van der Waals surface area contributed by atoms with Gasteiger partial charge in [-0.2, -0.15) is 5.10 Å². The molecule has 0 aliphatic heterocycles. The largest absolute Gasteiger partial charge is 0.308 e. The second kappa shape index (κ2) is 7.82. The van der Waals surface area contributed by atoms with E-state index in [-0.39, 0.29) is 5.54 Å². The number of aromatic nitrogens is 2. The van der Waals surface area contributed by atoms with E-state index in [1.807, 2.05) is 0 Å². The molecule has 0 bridgehead atoms. The molecule has 1 aromatic heterocycles. The summed E-state index contributed by atoms with van der Waals surface area (Å²) >= 11 is 0. The van der Waals surface area contributed by atoms with E-state index in [4.69, 9.17) is 5.10 Å². The molecule has 0 saturated carbocycles. The molecular formula is C17H33N3. The number of hydrogen-bond donors (Lipinski definition) is 1. The van der Waals surface area contributed by atoms with Gasteiger partial charge in [-0.1, -0.05) is 33.6 Å². The van der Waals surface area contributed by atoms with Gasteiger partial charge in [0.25, 0.3) is 0 Å². The molecule has 3 heteroatoms. The third-order valence-corrected chi connectivity index (χ3v) is 3.69. The van der Waals surface area contributed by atoms with E-state index in [0.717, 1.165) is 25.9 Å². The minimum atomic E-state index is 0.153. The van der Waals surface area contributed by atoms with Crippen molar-refractivity contribution in [3.63, 3.8) is 0 Å². The Morgan fingerprint density at radius 3 is 2.25 bits per heavy atom. The van der Waals surface area contributed by atoms with Crippen LogP contribution in [-0.4, -0.2) is 15.3 Å². The normalized spacial score (nSPS) is 12.1. The maximum absolute atomic E-state index is 4.85. The lowest BCUT2D eigenvalue weighted by Crippen LogP contribution is -2.35. The number of unbranched alkanes of at least 4 members (excludes halogenated alkanes) is 2. The first kappa shape index (κ1) is 17.2. The molecule has 0 fully saturated rings. The summed E-state index contributed by atoms with van der Waals surface area (Å²) in [4.78, 5) is 0. The van der Waals surface area contributed by atoms with Crippen LogP contribution in [0, 0.1) is 0 Å². The second-order valence-corrected chi connectivity index (χ2v) is 6.61. The predicted molar refractivity (Wildman–Crippen MR) is 87.1 cm³/mol. The number of rotatable bonds is 8. The summed E-state index contributed by atoms with van der Waals surface area (Å²) in [5.74, 6) is 0. The van der Waals surface area contributed by atoms with E-state index in [1.165, 1.54) is 36.2 Å². The van der Waals surface area contributed by atoms with Crippen LogP contribution in [0.15, 0.2) is 0 Å². The van der Waals surface area contributed by atoms with Crippen molar-refractivity contribution < 1.29 is 0 Å². The molecule has 0 atom stereocenters. The first-order valence-electron chi connectivity index (χ1n) is 8.25. The molecule has 0 unspecified atom stereocenters. The van der Waals surface area contributed by atoms with Gasteiger partial charge in [0.1, 0.15) is 0 Å². The Labute approximate surface area is 125 Å². The second-order valence-electron chi connectivity index (χ2n) is 6.61. The first-order valence-corrected chi connectivity index (χ1v) is 8.25. The summed E-state index contributed by atoms with van der Waals surface area (Å²) < 4.78 is 2.26. The lowest BCUT2D eigenvalue weighted by molar-refractivity contribution is 0.422. The van der Waals surface area contributed by atoms with Crippen molar-refractivity contribution in [2.45, 2.75) is 92.3 Å². The average Bonchev–Trinajstić information content (AvgIpc) is 2.73. The van der Waals surface area contributed by atoms with Crippen LogP contribution in [-0.2, 0) is 25.9 Å². The molecule has 1 heterocycles. The minimum Gasteiger partial charge on any atom is -0.308 e. The average molecular weight is 279 g/mol. The van der Waals surface area contributed by atoms with Gasteiger partial charge in [0, 0.05) is 29.9 Å². The molecule has 0 saturated heterocycles. The van der Waals surface area contributed by atoms with Gasteiger partial charge in [-0.25, -0.2) is 0 Å². The van der Waals surface area contributed by atoms with Gasteiger partial charge in [0.2, 0.25) is 0 Å². The molecule has 0 radical (unpaired) electrons. The Morgan fingerprint density at radius 1 is 1.05 bits per heavy atom. The molecule has 0 aliphatic carbocycles. The van der Waals surface area contributed by atoms with Crippen LogP contribution in [0.5, 0.6) is 0 Å². The summed E-state index contributed by atoms with van der Waals surface area (Å²) in [5, 5.41) is 8.46. The van der Waals surface area contributed by atoms with Crippen LogP contribution in [0.3, 0.4) is 0 Å². The summed E-state index contributed by atoms with van der Waals surface area (Å²) in [5.41, 5.74) is 4.28. The van der Waals surface area contributed by atoms with Crippen molar-refractivity contribution in [1.29, 1.82) is 0 Å². The van der Waals surface area contributed by atoms with Gasteiger partial charge in [0.05, 0.1) is 5.69 Å². The van der Waals surface area contributed by atoms with Gasteiger partial charge < -0.3 is 5.32 Å². The fourth-order valence-corrected chi connectivity index (χ4v) is 2.52. The molecule has 116 valence electrons. The van der Waals surface area contributed by atoms with E-state index >= 15 is 0 Å². The van der Waals surface area contributed by atoms with Gasteiger partial charge in [-0.05, 0) is 40.0 Å². The van der Waals surface area contributed by atoms with Crippen LogP contribution >= 0.6 is 0 Å². The van der Waals surface area contributed by atoms with Crippen molar-refractivity contribution in [3.05, 3.63) is 17.0 Å². The number of hydrogen-bond acceptors (Lipinski definition) is 2. The molecule has 1 rings (SSSR count). The van der Waals surface area contributed by atoms with Crippen LogP contribution < -0.4 is 5.32 Å². The summed E-state index contributed by atoms with van der Waals surface area (Å²) in [6, 6.07) is 0. The predicted octanol–water partition coefficient (Wildman–Crippen LogP) is 4.09. The van der Waals surface area contributed by atoms with Crippen molar-refractivity contribution in [1.82, 2.24) is 15.1 Å². The van der Waals surface area contributed by atoms with Crippen molar-refractivity contribution in [2.75, 3.05) is 0 Å². The Kier molecular flexibility index (Phi) is 6.74. The maximum Gasteiger partial charge on any atom is 0.0669 e. The van der Waals surface area contributed by atoms with Crippen molar-refractivity contribution >= 4 is 0 Å². The summed E-state index contributed by atoms with van der Waals surface area (Å²) in [6.07, 6.45) is 5.89. The standard InChI is InChI=1S/C17H33N3/c1-7-10-11-12-20-16(9-3)14(15(8-2)19-20)13-18-17(4,5)6/h18H,7-13H2,1-6H3. The summed E-state index contributed by atoms with van der Waals surface area (Å²) in [7, 11) is 0. The van der Waals surface area contributed by atoms with Gasteiger partial charge in [-0.15, -0.1) is 0 Å². The van der Waals surface area contributed by atoms with Crippen LogP contribution in [0.1, 0.15) is 77.8 Å². The van der Waals surface area contributed by atoms with E-state index in [9.17, 15) is 0 Å².